The van der Waals surface area contributed by atoms with E-state index in [0.717, 1.165) is 55.7 Å². The molecule has 0 N–H and O–H groups in total. The summed E-state index contributed by atoms with van der Waals surface area (Å²) in [5.41, 5.74) is 2.15. The molecule has 172 valence electrons. The first-order valence-electron chi connectivity index (χ1n) is 12.5. The maximum atomic E-state index is 10.5. The van der Waals surface area contributed by atoms with Crippen molar-refractivity contribution >= 4 is 11.6 Å². The second-order valence-corrected chi connectivity index (χ2v) is 10.2. The number of nitriles is 1. The van der Waals surface area contributed by atoms with E-state index in [0.29, 0.717) is 18.0 Å². The average molecular weight is 451 g/mol. The van der Waals surface area contributed by atoms with Crippen molar-refractivity contribution in [3.8, 4) is 6.07 Å². The molecule has 2 aromatic rings. The fourth-order valence-corrected chi connectivity index (χ4v) is 5.85. The van der Waals surface area contributed by atoms with Crippen LogP contribution in [0.4, 0.5) is 0 Å². The third-order valence-electron chi connectivity index (χ3n) is 7.59. The molecule has 0 aromatic heterocycles. The molecule has 1 saturated carbocycles. The number of hydrogen-bond acceptors (Lipinski definition) is 2. The fraction of sp³-hybridized carbons (Fsp3) is 0.552. The average Bonchev–Trinajstić information content (AvgIpc) is 3.35. The van der Waals surface area contributed by atoms with E-state index >= 15 is 0 Å². The minimum Gasteiger partial charge on any atom is -0.298 e. The fourth-order valence-electron chi connectivity index (χ4n) is 5.73. The lowest BCUT2D eigenvalue weighted by Crippen LogP contribution is -2.43. The summed E-state index contributed by atoms with van der Waals surface area (Å²) in [5.74, 6) is 0.447. The van der Waals surface area contributed by atoms with Gasteiger partial charge in [-0.3, -0.25) is 4.90 Å². The van der Waals surface area contributed by atoms with Crippen LogP contribution in [-0.4, -0.2) is 23.5 Å². The van der Waals surface area contributed by atoms with Gasteiger partial charge in [0.15, 0.2) is 0 Å². The van der Waals surface area contributed by atoms with Gasteiger partial charge >= 0.3 is 0 Å². The highest BCUT2D eigenvalue weighted by Crippen LogP contribution is 2.46. The maximum Gasteiger partial charge on any atom is 0.0851 e. The van der Waals surface area contributed by atoms with E-state index < -0.39 is 5.41 Å². The predicted octanol–water partition coefficient (Wildman–Crippen LogP) is 7.80. The Bertz CT molecular complexity index is 849. The Morgan fingerprint density at radius 1 is 1.06 bits per heavy atom. The summed E-state index contributed by atoms with van der Waals surface area (Å²) in [6, 6.07) is 22.7. The second-order valence-electron chi connectivity index (χ2n) is 9.74. The van der Waals surface area contributed by atoms with Gasteiger partial charge in [0.25, 0.3) is 0 Å². The van der Waals surface area contributed by atoms with Crippen LogP contribution < -0.4 is 0 Å². The molecule has 1 aliphatic carbocycles. The van der Waals surface area contributed by atoms with Gasteiger partial charge in [0, 0.05) is 23.7 Å². The monoisotopic (exact) mass is 450 g/mol. The summed E-state index contributed by atoms with van der Waals surface area (Å²) in [7, 11) is 0. The van der Waals surface area contributed by atoms with Crippen molar-refractivity contribution in [1.29, 1.82) is 5.26 Å². The molecule has 1 fully saturated rings. The number of hydrogen-bond donors (Lipinski definition) is 0. The Hall–Kier alpha value is -1.82. The Morgan fingerprint density at radius 2 is 1.72 bits per heavy atom. The van der Waals surface area contributed by atoms with Crippen molar-refractivity contribution in [1.82, 2.24) is 4.90 Å². The summed E-state index contributed by atoms with van der Waals surface area (Å²) in [6.45, 7) is 7.97. The number of rotatable bonds is 11. The van der Waals surface area contributed by atoms with E-state index in [-0.39, 0.29) is 0 Å². The number of nitrogens with zero attached hydrogens (tertiary/aromatic N) is 2. The van der Waals surface area contributed by atoms with E-state index in [2.05, 4.69) is 74.2 Å². The summed E-state index contributed by atoms with van der Waals surface area (Å²) in [5, 5.41) is 11.3. The molecule has 0 aliphatic heterocycles. The van der Waals surface area contributed by atoms with Crippen molar-refractivity contribution in [2.24, 2.45) is 5.92 Å². The zero-order valence-electron chi connectivity index (χ0n) is 20.1. The van der Waals surface area contributed by atoms with Crippen LogP contribution in [0.15, 0.2) is 54.6 Å². The summed E-state index contributed by atoms with van der Waals surface area (Å²) >= 11 is 6.19. The predicted molar refractivity (Wildman–Crippen MR) is 136 cm³/mol. The van der Waals surface area contributed by atoms with Gasteiger partial charge in [0.1, 0.15) is 0 Å². The van der Waals surface area contributed by atoms with Gasteiger partial charge in [-0.1, -0.05) is 73.8 Å². The highest BCUT2D eigenvalue weighted by molar-refractivity contribution is 6.30. The summed E-state index contributed by atoms with van der Waals surface area (Å²) in [4.78, 5) is 2.66. The smallest absolute Gasteiger partial charge is 0.0851 e. The molecule has 0 bridgehead atoms. The van der Waals surface area contributed by atoms with Crippen LogP contribution in [0.3, 0.4) is 0 Å². The SMILES string of the molecule is CCC(CCC(C#N)(c1ccc(Cl)cc1)C1CCCC1)N(CCc1ccccc1)C(C)C. The first-order chi connectivity index (χ1) is 15.5. The molecule has 0 amide bonds. The third-order valence-corrected chi connectivity index (χ3v) is 7.84. The minimum absolute atomic E-state index is 0.406. The third kappa shape index (κ3) is 5.94. The van der Waals surface area contributed by atoms with Crippen LogP contribution in [-0.2, 0) is 11.8 Å². The molecular formula is C29H39ClN2. The lowest BCUT2D eigenvalue weighted by molar-refractivity contribution is 0.131. The van der Waals surface area contributed by atoms with Crippen molar-refractivity contribution in [3.05, 3.63) is 70.7 Å². The van der Waals surface area contributed by atoms with E-state index in [1.807, 2.05) is 12.1 Å². The summed E-state index contributed by atoms with van der Waals surface area (Å²) < 4.78 is 0. The normalized spacial score (nSPS) is 17.4. The molecule has 0 heterocycles. The van der Waals surface area contributed by atoms with Crippen LogP contribution in [0.5, 0.6) is 0 Å². The molecular weight excluding hydrogens is 412 g/mol. The highest BCUT2D eigenvalue weighted by Gasteiger charge is 2.42. The van der Waals surface area contributed by atoms with E-state index in [9.17, 15) is 5.26 Å². The van der Waals surface area contributed by atoms with Gasteiger partial charge in [-0.05, 0) is 81.5 Å². The molecule has 0 spiro atoms. The van der Waals surface area contributed by atoms with Gasteiger partial charge in [-0.15, -0.1) is 0 Å². The van der Waals surface area contributed by atoms with E-state index in [1.165, 1.54) is 18.4 Å². The van der Waals surface area contributed by atoms with Crippen LogP contribution in [0, 0.1) is 17.2 Å². The Kier molecular flexibility index (Phi) is 9.21. The van der Waals surface area contributed by atoms with Gasteiger partial charge in [0.2, 0.25) is 0 Å². The zero-order valence-corrected chi connectivity index (χ0v) is 20.8. The van der Waals surface area contributed by atoms with Crippen LogP contribution in [0.2, 0.25) is 5.02 Å². The van der Waals surface area contributed by atoms with Crippen molar-refractivity contribution in [2.75, 3.05) is 6.54 Å². The molecule has 2 atom stereocenters. The lowest BCUT2D eigenvalue weighted by Gasteiger charge is -2.39. The first kappa shape index (κ1) is 24.8. The Labute approximate surface area is 200 Å². The Balaban J connectivity index is 1.78. The lowest BCUT2D eigenvalue weighted by atomic mass is 9.67. The summed E-state index contributed by atoms with van der Waals surface area (Å²) in [6.07, 6.45) is 8.96. The first-order valence-corrected chi connectivity index (χ1v) is 12.8. The van der Waals surface area contributed by atoms with E-state index in [1.54, 1.807) is 0 Å². The van der Waals surface area contributed by atoms with E-state index in [4.69, 9.17) is 11.6 Å². The largest absolute Gasteiger partial charge is 0.298 e. The number of benzene rings is 2. The van der Waals surface area contributed by atoms with Crippen LogP contribution in [0.1, 0.15) is 76.8 Å². The van der Waals surface area contributed by atoms with Gasteiger partial charge < -0.3 is 0 Å². The standard InChI is InChI=1S/C29H39ClN2/c1-4-28(32(23(2)3)21-19-24-10-6-5-7-11-24)18-20-29(22-31,25-12-8-9-13-25)26-14-16-27(30)17-15-26/h5-7,10-11,14-17,23,25,28H,4,8-9,12-13,18-21H2,1-3H3. The maximum absolute atomic E-state index is 10.5. The van der Waals surface area contributed by atoms with Crippen LogP contribution in [0.25, 0.3) is 0 Å². The minimum atomic E-state index is -0.406. The van der Waals surface area contributed by atoms with Gasteiger partial charge in [-0.25, -0.2) is 0 Å². The molecule has 2 unspecified atom stereocenters. The Morgan fingerprint density at radius 3 is 2.28 bits per heavy atom. The topological polar surface area (TPSA) is 27.0 Å². The molecule has 32 heavy (non-hydrogen) atoms. The molecule has 2 aromatic carbocycles. The molecule has 3 heteroatoms. The van der Waals surface area contributed by atoms with Gasteiger partial charge in [0.05, 0.1) is 11.5 Å². The van der Waals surface area contributed by atoms with Gasteiger partial charge in [-0.2, -0.15) is 5.26 Å². The molecule has 0 saturated heterocycles. The molecule has 2 nitrogen and oxygen atoms in total. The molecule has 3 rings (SSSR count). The van der Waals surface area contributed by atoms with Crippen molar-refractivity contribution < 1.29 is 0 Å². The van der Waals surface area contributed by atoms with Crippen molar-refractivity contribution in [2.45, 2.75) is 89.6 Å². The molecule has 1 aliphatic rings. The van der Waals surface area contributed by atoms with Crippen molar-refractivity contribution in [3.63, 3.8) is 0 Å². The second kappa shape index (κ2) is 11.9. The number of halogens is 1. The van der Waals surface area contributed by atoms with Crippen LogP contribution >= 0.6 is 11.6 Å². The quantitative estimate of drug-likeness (QED) is 0.349. The highest BCUT2D eigenvalue weighted by atomic mass is 35.5. The zero-order chi connectivity index (χ0) is 23.0. The molecule has 0 radical (unpaired) electrons.